The zero-order valence-electron chi connectivity index (χ0n) is 17.7. The van der Waals surface area contributed by atoms with Gasteiger partial charge in [-0.15, -0.1) is 0 Å². The van der Waals surface area contributed by atoms with Crippen molar-refractivity contribution in [2.75, 3.05) is 27.4 Å². The molecule has 30 heavy (non-hydrogen) atoms. The zero-order chi connectivity index (χ0) is 21.3. The molecule has 1 saturated heterocycles. The van der Waals surface area contributed by atoms with Gasteiger partial charge in [0.15, 0.2) is 23.1 Å². The van der Waals surface area contributed by atoms with E-state index in [9.17, 15) is 9.18 Å². The summed E-state index contributed by atoms with van der Waals surface area (Å²) in [4.78, 5) is 14.8. The first-order valence-corrected chi connectivity index (χ1v) is 10.5. The van der Waals surface area contributed by atoms with Crippen molar-refractivity contribution in [2.24, 2.45) is 0 Å². The van der Waals surface area contributed by atoms with Crippen LogP contribution in [0.2, 0.25) is 0 Å². The molecule has 1 atom stereocenters. The molecule has 0 bridgehead atoms. The summed E-state index contributed by atoms with van der Waals surface area (Å²) < 4.78 is 29.8. The van der Waals surface area contributed by atoms with Crippen molar-refractivity contribution in [2.45, 2.75) is 44.6 Å². The first kappa shape index (κ1) is 21.9. The lowest BCUT2D eigenvalue weighted by atomic mass is 9.95. The van der Waals surface area contributed by atoms with E-state index in [1.807, 2.05) is 23.1 Å². The van der Waals surface area contributed by atoms with Gasteiger partial charge in [0.1, 0.15) is 0 Å². The number of amides is 1. The smallest absolute Gasteiger partial charge is 0.226 e. The molecular formula is C24H30FNO4. The van der Waals surface area contributed by atoms with Crippen molar-refractivity contribution in [1.29, 1.82) is 0 Å². The predicted molar refractivity (Wildman–Crippen MR) is 114 cm³/mol. The van der Waals surface area contributed by atoms with Gasteiger partial charge in [0.25, 0.3) is 0 Å². The molecule has 0 spiro atoms. The van der Waals surface area contributed by atoms with Gasteiger partial charge in [0.05, 0.1) is 27.2 Å². The lowest BCUT2D eigenvalue weighted by molar-refractivity contribution is -0.135. The minimum Gasteiger partial charge on any atom is -0.493 e. The molecule has 1 fully saturated rings. The Kier molecular flexibility index (Phi) is 7.94. The number of methoxy groups -OCH3 is 2. The molecule has 1 amide bonds. The van der Waals surface area contributed by atoms with Crippen LogP contribution in [0.15, 0.2) is 42.5 Å². The predicted octanol–water partition coefficient (Wildman–Crippen LogP) is 4.63. The molecule has 0 radical (unpaired) electrons. The third-order valence-electron chi connectivity index (χ3n) is 5.57. The fourth-order valence-electron chi connectivity index (χ4n) is 3.95. The molecule has 1 aliphatic rings. The summed E-state index contributed by atoms with van der Waals surface area (Å²) in [5, 5.41) is 0. The number of rotatable bonds is 9. The summed E-state index contributed by atoms with van der Waals surface area (Å²) in [5.74, 6) is 1.29. The molecule has 0 N–H and O–H groups in total. The quantitative estimate of drug-likeness (QED) is 0.599. The van der Waals surface area contributed by atoms with E-state index in [2.05, 4.69) is 0 Å². The Bertz CT molecular complexity index is 842. The number of ether oxygens (including phenoxy) is 3. The number of carbonyl (C=O) groups is 1. The average molecular weight is 416 g/mol. The standard InChI is InChI=1S/C24H30FNO4/c1-28-22-13-11-18(17-23(22)29-2)10-12-19-7-5-6-15-26(19)24(27)14-16-30-21-9-4-3-8-20(21)25/h3-4,8-9,11,13,17,19H,5-7,10,12,14-16H2,1-2H3. The van der Waals surface area contributed by atoms with Gasteiger partial charge in [0.2, 0.25) is 5.91 Å². The van der Waals surface area contributed by atoms with Crippen molar-refractivity contribution in [3.05, 3.63) is 53.8 Å². The van der Waals surface area contributed by atoms with E-state index in [0.29, 0.717) is 5.75 Å². The van der Waals surface area contributed by atoms with E-state index >= 15 is 0 Å². The topological polar surface area (TPSA) is 48.0 Å². The lowest BCUT2D eigenvalue weighted by Crippen LogP contribution is -2.44. The van der Waals surface area contributed by atoms with E-state index in [0.717, 1.165) is 50.0 Å². The van der Waals surface area contributed by atoms with E-state index in [4.69, 9.17) is 14.2 Å². The van der Waals surface area contributed by atoms with Crippen LogP contribution in [-0.4, -0.2) is 44.2 Å². The van der Waals surface area contributed by atoms with Gasteiger partial charge < -0.3 is 19.1 Å². The summed E-state index contributed by atoms with van der Waals surface area (Å²) >= 11 is 0. The molecule has 0 saturated carbocycles. The first-order valence-electron chi connectivity index (χ1n) is 10.5. The third-order valence-corrected chi connectivity index (χ3v) is 5.57. The first-order chi connectivity index (χ1) is 14.6. The number of benzene rings is 2. The lowest BCUT2D eigenvalue weighted by Gasteiger charge is -2.36. The molecule has 2 aromatic rings. The van der Waals surface area contributed by atoms with E-state index in [1.54, 1.807) is 32.4 Å². The Morgan fingerprint density at radius 2 is 1.87 bits per heavy atom. The molecule has 0 aromatic heterocycles. The van der Waals surface area contributed by atoms with Crippen molar-refractivity contribution >= 4 is 5.91 Å². The Morgan fingerprint density at radius 1 is 1.07 bits per heavy atom. The van der Waals surface area contributed by atoms with Gasteiger partial charge >= 0.3 is 0 Å². The molecule has 162 valence electrons. The molecule has 5 nitrogen and oxygen atoms in total. The summed E-state index contributed by atoms with van der Waals surface area (Å²) in [6, 6.07) is 12.4. The summed E-state index contributed by atoms with van der Waals surface area (Å²) in [6.45, 7) is 0.952. The summed E-state index contributed by atoms with van der Waals surface area (Å²) in [5.41, 5.74) is 1.16. The molecule has 6 heteroatoms. The van der Waals surface area contributed by atoms with Crippen LogP contribution in [0.3, 0.4) is 0 Å². The number of carbonyl (C=O) groups excluding carboxylic acids is 1. The number of likely N-dealkylation sites (tertiary alicyclic amines) is 1. The number of aryl methyl sites for hydroxylation is 1. The second-order valence-electron chi connectivity index (χ2n) is 7.49. The van der Waals surface area contributed by atoms with Crippen LogP contribution in [0.25, 0.3) is 0 Å². The van der Waals surface area contributed by atoms with Gasteiger partial charge in [-0.1, -0.05) is 18.2 Å². The monoisotopic (exact) mass is 415 g/mol. The fourth-order valence-corrected chi connectivity index (χ4v) is 3.95. The van der Waals surface area contributed by atoms with Crippen molar-refractivity contribution in [3.8, 4) is 17.2 Å². The SMILES string of the molecule is COc1ccc(CCC2CCCCN2C(=O)CCOc2ccccc2F)cc1OC. The summed E-state index contributed by atoms with van der Waals surface area (Å²) in [7, 11) is 3.26. The van der Waals surface area contributed by atoms with Crippen LogP contribution in [0.5, 0.6) is 17.2 Å². The molecule has 1 heterocycles. The van der Waals surface area contributed by atoms with Crippen LogP contribution >= 0.6 is 0 Å². The normalized spacial score (nSPS) is 16.2. The average Bonchev–Trinajstić information content (AvgIpc) is 2.78. The zero-order valence-corrected chi connectivity index (χ0v) is 17.7. The van der Waals surface area contributed by atoms with Gasteiger partial charge in [-0.05, 0) is 61.9 Å². The van der Waals surface area contributed by atoms with E-state index in [-0.39, 0.29) is 30.7 Å². The Labute approximate surface area is 177 Å². The molecular weight excluding hydrogens is 385 g/mol. The molecule has 0 aliphatic carbocycles. The highest BCUT2D eigenvalue weighted by molar-refractivity contribution is 5.76. The van der Waals surface area contributed by atoms with E-state index in [1.165, 1.54) is 6.07 Å². The highest BCUT2D eigenvalue weighted by Gasteiger charge is 2.26. The number of hydrogen-bond acceptors (Lipinski definition) is 4. The highest BCUT2D eigenvalue weighted by Crippen LogP contribution is 2.29. The van der Waals surface area contributed by atoms with Crippen molar-refractivity contribution in [1.82, 2.24) is 4.90 Å². The van der Waals surface area contributed by atoms with E-state index < -0.39 is 5.82 Å². The largest absolute Gasteiger partial charge is 0.493 e. The van der Waals surface area contributed by atoms with Crippen LogP contribution in [0, 0.1) is 5.82 Å². The molecule has 2 aromatic carbocycles. The number of halogens is 1. The number of hydrogen-bond donors (Lipinski definition) is 0. The number of piperidine rings is 1. The minimum absolute atomic E-state index is 0.0725. The van der Waals surface area contributed by atoms with Gasteiger partial charge in [0, 0.05) is 12.6 Å². The van der Waals surface area contributed by atoms with Crippen LogP contribution < -0.4 is 14.2 Å². The molecule has 1 aliphatic heterocycles. The summed E-state index contributed by atoms with van der Waals surface area (Å²) in [6.07, 6.45) is 5.17. The van der Waals surface area contributed by atoms with Gasteiger partial charge in [-0.2, -0.15) is 0 Å². The Morgan fingerprint density at radius 3 is 2.63 bits per heavy atom. The minimum atomic E-state index is -0.407. The third kappa shape index (κ3) is 5.65. The fraction of sp³-hybridized carbons (Fsp3) is 0.458. The number of nitrogens with zero attached hydrogens (tertiary/aromatic N) is 1. The Hall–Kier alpha value is -2.76. The van der Waals surface area contributed by atoms with Crippen LogP contribution in [0.4, 0.5) is 4.39 Å². The van der Waals surface area contributed by atoms with Crippen LogP contribution in [-0.2, 0) is 11.2 Å². The van der Waals surface area contributed by atoms with Crippen molar-refractivity contribution in [3.63, 3.8) is 0 Å². The van der Waals surface area contributed by atoms with Crippen LogP contribution in [0.1, 0.15) is 37.7 Å². The maximum Gasteiger partial charge on any atom is 0.226 e. The van der Waals surface area contributed by atoms with Gasteiger partial charge in [-0.25, -0.2) is 4.39 Å². The highest BCUT2D eigenvalue weighted by atomic mass is 19.1. The Balaban J connectivity index is 1.54. The number of para-hydroxylation sites is 1. The second-order valence-corrected chi connectivity index (χ2v) is 7.49. The second kappa shape index (κ2) is 10.9. The van der Waals surface area contributed by atoms with Gasteiger partial charge in [-0.3, -0.25) is 4.79 Å². The maximum absolute atomic E-state index is 13.7. The maximum atomic E-state index is 13.7. The molecule has 1 unspecified atom stereocenters. The molecule has 3 rings (SSSR count). The van der Waals surface area contributed by atoms with Crippen molar-refractivity contribution < 1.29 is 23.4 Å².